The van der Waals surface area contributed by atoms with Crippen molar-refractivity contribution in [1.29, 1.82) is 0 Å². The van der Waals surface area contributed by atoms with E-state index in [1.807, 2.05) is 30.3 Å². The van der Waals surface area contributed by atoms with Crippen LogP contribution in [-0.2, 0) is 14.3 Å². The van der Waals surface area contributed by atoms with Crippen molar-refractivity contribution >= 4 is 29.3 Å². The first kappa shape index (κ1) is 21.8. The van der Waals surface area contributed by atoms with Crippen molar-refractivity contribution in [3.63, 3.8) is 0 Å². The Hall–Kier alpha value is -3.44. The van der Waals surface area contributed by atoms with Crippen molar-refractivity contribution in [2.24, 2.45) is 5.92 Å². The molecule has 0 unspecified atom stereocenters. The van der Waals surface area contributed by atoms with Crippen molar-refractivity contribution in [1.82, 2.24) is 0 Å². The Balaban J connectivity index is 1.92. The number of halogens is 1. The van der Waals surface area contributed by atoms with Gasteiger partial charge >= 0.3 is 11.9 Å². The molecule has 1 heterocycles. The second kappa shape index (κ2) is 9.37. The van der Waals surface area contributed by atoms with E-state index in [4.69, 9.17) is 21.1 Å². The van der Waals surface area contributed by atoms with Crippen LogP contribution in [0.5, 0.6) is 5.75 Å². The van der Waals surface area contributed by atoms with Gasteiger partial charge in [0.05, 0.1) is 12.5 Å². The molecular formula is C26H21ClO5. The van der Waals surface area contributed by atoms with E-state index in [0.29, 0.717) is 27.5 Å². The molecule has 162 valence electrons. The van der Waals surface area contributed by atoms with Gasteiger partial charge in [0.15, 0.2) is 11.7 Å². The summed E-state index contributed by atoms with van der Waals surface area (Å²) in [7, 11) is 0. The summed E-state index contributed by atoms with van der Waals surface area (Å²) in [6.07, 6.45) is 0. The van der Waals surface area contributed by atoms with E-state index in [-0.39, 0.29) is 12.4 Å². The van der Waals surface area contributed by atoms with Crippen LogP contribution in [0.4, 0.5) is 0 Å². The van der Waals surface area contributed by atoms with E-state index in [1.54, 1.807) is 55.5 Å². The molecule has 5 nitrogen and oxygen atoms in total. The fraction of sp³-hybridized carbons (Fsp3) is 0.192. The molecular weight excluding hydrogens is 428 g/mol. The Bertz CT molecular complexity index is 1140. The first-order chi connectivity index (χ1) is 15.5. The molecule has 3 aromatic carbocycles. The number of ether oxygens (including phenoxy) is 2. The summed E-state index contributed by atoms with van der Waals surface area (Å²) in [4.78, 5) is 39.7. The molecule has 0 radical (unpaired) electrons. The molecule has 1 aliphatic rings. The molecule has 0 saturated carbocycles. The van der Waals surface area contributed by atoms with Crippen molar-refractivity contribution < 1.29 is 23.9 Å². The third-order valence-electron chi connectivity index (χ3n) is 5.57. The summed E-state index contributed by atoms with van der Waals surface area (Å²) in [5.41, 5.74) is 1.74. The maximum atomic E-state index is 13.9. The lowest BCUT2D eigenvalue weighted by molar-refractivity contribution is -0.159. The van der Waals surface area contributed by atoms with Crippen molar-refractivity contribution in [2.75, 3.05) is 6.61 Å². The second-order valence-corrected chi connectivity index (χ2v) is 7.91. The van der Waals surface area contributed by atoms with Crippen LogP contribution in [-0.4, -0.2) is 24.3 Å². The molecule has 3 atom stereocenters. The van der Waals surface area contributed by atoms with Gasteiger partial charge in [0.2, 0.25) is 0 Å². The van der Waals surface area contributed by atoms with Crippen LogP contribution in [0.15, 0.2) is 78.9 Å². The van der Waals surface area contributed by atoms with Crippen molar-refractivity contribution in [3.05, 3.63) is 101 Å². The van der Waals surface area contributed by atoms with E-state index in [0.717, 1.165) is 0 Å². The summed E-state index contributed by atoms with van der Waals surface area (Å²) in [6, 6.07) is 22.7. The zero-order chi connectivity index (χ0) is 22.7. The lowest BCUT2D eigenvalue weighted by atomic mass is 9.69. The molecule has 32 heavy (non-hydrogen) atoms. The molecule has 3 aromatic rings. The number of ketones is 1. The van der Waals surface area contributed by atoms with Gasteiger partial charge in [-0.3, -0.25) is 14.4 Å². The first-order valence-electron chi connectivity index (χ1n) is 10.3. The highest BCUT2D eigenvalue weighted by molar-refractivity contribution is 6.30. The van der Waals surface area contributed by atoms with Crippen LogP contribution in [0.2, 0.25) is 5.02 Å². The molecule has 0 N–H and O–H groups in total. The summed E-state index contributed by atoms with van der Waals surface area (Å²) in [5.74, 6) is -4.20. The highest BCUT2D eigenvalue weighted by atomic mass is 35.5. The molecule has 0 spiro atoms. The number of benzene rings is 3. The minimum Gasteiger partial charge on any atom is -0.465 e. The van der Waals surface area contributed by atoms with Crippen LogP contribution in [0, 0.1) is 5.92 Å². The Morgan fingerprint density at radius 3 is 2.31 bits per heavy atom. The average Bonchev–Trinajstić information content (AvgIpc) is 2.80. The zero-order valence-corrected chi connectivity index (χ0v) is 18.1. The number of hydrogen-bond acceptors (Lipinski definition) is 5. The number of esters is 2. The number of carbonyl (C=O) groups is 3. The topological polar surface area (TPSA) is 69.7 Å². The molecule has 0 saturated heterocycles. The lowest BCUT2D eigenvalue weighted by Gasteiger charge is -2.35. The van der Waals surface area contributed by atoms with Gasteiger partial charge in [-0.05, 0) is 42.8 Å². The molecule has 6 heteroatoms. The van der Waals surface area contributed by atoms with Gasteiger partial charge in [-0.15, -0.1) is 0 Å². The number of Topliss-reactive ketones (excluding diaryl/α,β-unsaturated/α-hetero) is 1. The fourth-order valence-corrected chi connectivity index (χ4v) is 4.30. The van der Waals surface area contributed by atoms with E-state index < -0.39 is 29.7 Å². The molecule has 0 aromatic heterocycles. The Morgan fingerprint density at radius 2 is 1.62 bits per heavy atom. The summed E-state index contributed by atoms with van der Waals surface area (Å²) < 4.78 is 10.7. The second-order valence-electron chi connectivity index (χ2n) is 7.47. The predicted molar refractivity (Wildman–Crippen MR) is 120 cm³/mol. The van der Waals surface area contributed by atoms with E-state index in [2.05, 4.69) is 0 Å². The van der Waals surface area contributed by atoms with Gasteiger partial charge in [0, 0.05) is 22.1 Å². The quantitative estimate of drug-likeness (QED) is 0.225. The van der Waals surface area contributed by atoms with Crippen LogP contribution >= 0.6 is 11.6 Å². The maximum absolute atomic E-state index is 13.9. The van der Waals surface area contributed by atoms with E-state index >= 15 is 0 Å². The minimum atomic E-state index is -1.27. The number of rotatable bonds is 6. The van der Waals surface area contributed by atoms with Crippen molar-refractivity contribution in [3.8, 4) is 5.75 Å². The smallest absolute Gasteiger partial charge is 0.326 e. The van der Waals surface area contributed by atoms with Gasteiger partial charge < -0.3 is 9.47 Å². The third kappa shape index (κ3) is 4.16. The maximum Gasteiger partial charge on any atom is 0.326 e. The Labute approximate surface area is 190 Å². The van der Waals surface area contributed by atoms with Crippen LogP contribution in [0.3, 0.4) is 0 Å². The summed E-state index contributed by atoms with van der Waals surface area (Å²) >= 11 is 6.01. The summed E-state index contributed by atoms with van der Waals surface area (Å²) in [5, 5.41) is 0.508. The number of hydrogen-bond donors (Lipinski definition) is 0. The summed E-state index contributed by atoms with van der Waals surface area (Å²) in [6.45, 7) is 1.78. The Kier molecular flexibility index (Phi) is 6.37. The lowest BCUT2D eigenvalue weighted by Crippen LogP contribution is -2.42. The van der Waals surface area contributed by atoms with E-state index in [1.165, 1.54) is 0 Å². The van der Waals surface area contributed by atoms with Crippen LogP contribution in [0.1, 0.15) is 40.2 Å². The third-order valence-corrected chi connectivity index (χ3v) is 5.82. The van der Waals surface area contributed by atoms with E-state index in [9.17, 15) is 14.4 Å². The van der Waals surface area contributed by atoms with Gasteiger partial charge in [0.25, 0.3) is 0 Å². The monoisotopic (exact) mass is 448 g/mol. The van der Waals surface area contributed by atoms with Crippen molar-refractivity contribution in [2.45, 2.75) is 18.8 Å². The largest absolute Gasteiger partial charge is 0.465 e. The van der Waals surface area contributed by atoms with Gasteiger partial charge in [-0.2, -0.15) is 0 Å². The zero-order valence-electron chi connectivity index (χ0n) is 17.4. The molecule has 0 aliphatic carbocycles. The Morgan fingerprint density at radius 1 is 0.969 bits per heavy atom. The molecule has 0 fully saturated rings. The highest BCUT2D eigenvalue weighted by Crippen LogP contribution is 2.47. The van der Waals surface area contributed by atoms with Gasteiger partial charge in [-0.25, -0.2) is 0 Å². The minimum absolute atomic E-state index is 0.109. The number of fused-ring (bicyclic) bond motifs is 1. The highest BCUT2D eigenvalue weighted by Gasteiger charge is 2.49. The first-order valence-corrected chi connectivity index (χ1v) is 10.7. The molecule has 1 aliphatic heterocycles. The van der Waals surface area contributed by atoms with Gasteiger partial charge in [0.1, 0.15) is 5.75 Å². The van der Waals surface area contributed by atoms with Crippen LogP contribution in [0.25, 0.3) is 0 Å². The average molecular weight is 449 g/mol. The number of para-hydroxylation sites is 1. The SMILES string of the molecule is CCOC(=O)[C@@H]1C(=O)Oc2ccccc2[C@H]1[C@H](C(=O)c1ccc(Cl)cc1)c1ccccc1. The fourth-order valence-electron chi connectivity index (χ4n) is 4.17. The standard InChI is InChI=1S/C26H21ClO5/c1-2-31-25(29)23-22(19-10-6-7-11-20(19)32-26(23)30)21(16-8-4-3-5-9-16)24(28)17-12-14-18(27)15-13-17/h3-15,21-23H,2H2,1H3/t21-,22+,23-/m1/s1. The predicted octanol–water partition coefficient (Wildman–Crippen LogP) is 5.19. The molecule has 0 amide bonds. The molecule has 0 bridgehead atoms. The normalized spacial score (nSPS) is 18.2. The van der Waals surface area contributed by atoms with Gasteiger partial charge in [-0.1, -0.05) is 60.1 Å². The number of carbonyl (C=O) groups excluding carboxylic acids is 3. The van der Waals surface area contributed by atoms with Crippen LogP contribution < -0.4 is 4.74 Å². The molecule has 4 rings (SSSR count).